The maximum absolute atomic E-state index is 11.5. The van der Waals surface area contributed by atoms with Crippen molar-refractivity contribution < 1.29 is 14.3 Å². The average molecular weight is 323 g/mol. The maximum atomic E-state index is 11.5. The van der Waals surface area contributed by atoms with Gasteiger partial charge in [0.05, 0.1) is 14.2 Å². The molecule has 0 amide bonds. The van der Waals surface area contributed by atoms with Crippen LogP contribution in [0.25, 0.3) is 10.9 Å². The van der Waals surface area contributed by atoms with Crippen molar-refractivity contribution in [3.05, 3.63) is 48.3 Å². The lowest BCUT2D eigenvalue weighted by Gasteiger charge is -2.13. The summed E-state index contributed by atoms with van der Waals surface area (Å²) in [7, 11) is 3.15. The fourth-order valence-electron chi connectivity index (χ4n) is 2.50. The average Bonchev–Trinajstić information content (AvgIpc) is 2.61. The molecule has 122 valence electrons. The summed E-state index contributed by atoms with van der Waals surface area (Å²) >= 11 is 0. The Kier molecular flexibility index (Phi) is 4.29. The Morgan fingerprint density at radius 1 is 1.08 bits per heavy atom. The summed E-state index contributed by atoms with van der Waals surface area (Å²) in [5.74, 6) is 1.80. The number of methoxy groups -OCH3 is 2. The Bertz CT molecular complexity index is 909. The zero-order valence-electron chi connectivity index (χ0n) is 13.7. The third-order valence-electron chi connectivity index (χ3n) is 3.68. The van der Waals surface area contributed by atoms with Crippen LogP contribution in [0.3, 0.4) is 0 Å². The molecule has 3 rings (SSSR count). The van der Waals surface area contributed by atoms with Crippen LogP contribution in [0, 0.1) is 0 Å². The van der Waals surface area contributed by atoms with Crippen molar-refractivity contribution in [1.29, 1.82) is 0 Å². The number of ether oxygens (including phenoxy) is 2. The SMILES string of the molecule is COc1ccc2c(Nc3cccc(C(C)=O)c3)ncnc2c1OC. The van der Waals surface area contributed by atoms with Gasteiger partial charge in [0.15, 0.2) is 17.3 Å². The van der Waals surface area contributed by atoms with Crippen molar-refractivity contribution >= 4 is 28.2 Å². The molecule has 0 unspecified atom stereocenters. The molecule has 3 aromatic rings. The van der Waals surface area contributed by atoms with Crippen LogP contribution in [0.4, 0.5) is 11.5 Å². The number of fused-ring (bicyclic) bond motifs is 1. The molecule has 0 atom stereocenters. The maximum Gasteiger partial charge on any atom is 0.187 e. The summed E-state index contributed by atoms with van der Waals surface area (Å²) in [6.07, 6.45) is 1.46. The highest BCUT2D eigenvalue weighted by Crippen LogP contribution is 2.36. The number of hydrogen-bond acceptors (Lipinski definition) is 6. The number of anilines is 2. The van der Waals surface area contributed by atoms with E-state index in [0.29, 0.717) is 28.4 Å². The largest absolute Gasteiger partial charge is 0.493 e. The van der Waals surface area contributed by atoms with Crippen LogP contribution < -0.4 is 14.8 Å². The molecule has 0 aliphatic carbocycles. The summed E-state index contributed by atoms with van der Waals surface area (Å²) in [5, 5.41) is 4.03. The second kappa shape index (κ2) is 6.54. The first-order chi connectivity index (χ1) is 11.6. The number of rotatable bonds is 5. The van der Waals surface area contributed by atoms with Gasteiger partial charge in [-0.2, -0.15) is 0 Å². The zero-order chi connectivity index (χ0) is 17.1. The standard InChI is InChI=1S/C18H17N3O3/c1-11(22)12-5-4-6-13(9-12)21-18-14-7-8-15(23-2)17(24-3)16(14)19-10-20-18/h4-10H,1-3H3,(H,19,20,21). The Morgan fingerprint density at radius 3 is 2.62 bits per heavy atom. The van der Waals surface area contributed by atoms with Gasteiger partial charge in [-0.3, -0.25) is 4.79 Å². The van der Waals surface area contributed by atoms with Crippen LogP contribution in [0.15, 0.2) is 42.7 Å². The number of nitrogens with zero attached hydrogens (tertiary/aromatic N) is 2. The fourth-order valence-corrected chi connectivity index (χ4v) is 2.50. The van der Waals surface area contributed by atoms with Crippen molar-refractivity contribution in [3.8, 4) is 11.5 Å². The third kappa shape index (κ3) is 2.86. The van der Waals surface area contributed by atoms with Gasteiger partial charge in [-0.1, -0.05) is 12.1 Å². The molecule has 0 aliphatic heterocycles. The predicted octanol–water partition coefficient (Wildman–Crippen LogP) is 3.59. The normalized spacial score (nSPS) is 10.5. The predicted molar refractivity (Wildman–Crippen MR) is 92.4 cm³/mol. The van der Waals surface area contributed by atoms with Gasteiger partial charge in [-0.25, -0.2) is 9.97 Å². The Balaban J connectivity index is 2.07. The van der Waals surface area contributed by atoms with Gasteiger partial charge in [-0.05, 0) is 31.2 Å². The summed E-state index contributed by atoms with van der Waals surface area (Å²) < 4.78 is 10.7. The van der Waals surface area contributed by atoms with E-state index >= 15 is 0 Å². The van der Waals surface area contributed by atoms with E-state index in [4.69, 9.17) is 9.47 Å². The van der Waals surface area contributed by atoms with Crippen LogP contribution in [0.5, 0.6) is 11.5 Å². The molecule has 0 saturated carbocycles. The summed E-state index contributed by atoms with van der Waals surface area (Å²) in [6, 6.07) is 10.9. The van der Waals surface area contributed by atoms with Gasteiger partial charge < -0.3 is 14.8 Å². The number of carbonyl (C=O) groups excluding carboxylic acids is 1. The van der Waals surface area contributed by atoms with Crippen molar-refractivity contribution in [2.75, 3.05) is 19.5 Å². The number of aromatic nitrogens is 2. The molecule has 0 radical (unpaired) electrons. The number of nitrogens with one attached hydrogen (secondary N) is 1. The second-order valence-corrected chi connectivity index (χ2v) is 5.18. The third-order valence-corrected chi connectivity index (χ3v) is 3.68. The quantitative estimate of drug-likeness (QED) is 0.723. The topological polar surface area (TPSA) is 73.3 Å². The van der Waals surface area contributed by atoms with Crippen LogP contribution in [0.1, 0.15) is 17.3 Å². The van der Waals surface area contributed by atoms with E-state index in [1.807, 2.05) is 24.3 Å². The van der Waals surface area contributed by atoms with Crippen molar-refractivity contribution in [3.63, 3.8) is 0 Å². The molecular formula is C18H17N3O3. The lowest BCUT2D eigenvalue weighted by Crippen LogP contribution is -2.00. The molecule has 1 N–H and O–H groups in total. The zero-order valence-corrected chi connectivity index (χ0v) is 13.7. The minimum absolute atomic E-state index is 0.0117. The Morgan fingerprint density at radius 2 is 1.92 bits per heavy atom. The molecule has 1 heterocycles. The monoisotopic (exact) mass is 323 g/mol. The molecule has 24 heavy (non-hydrogen) atoms. The van der Waals surface area contributed by atoms with E-state index in [2.05, 4.69) is 15.3 Å². The Labute approximate surface area is 139 Å². The minimum Gasteiger partial charge on any atom is -0.493 e. The molecule has 2 aromatic carbocycles. The van der Waals surface area contributed by atoms with E-state index in [1.54, 1.807) is 26.4 Å². The highest BCUT2D eigenvalue weighted by atomic mass is 16.5. The van der Waals surface area contributed by atoms with E-state index in [9.17, 15) is 4.79 Å². The number of ketones is 1. The van der Waals surface area contributed by atoms with Gasteiger partial charge in [0.25, 0.3) is 0 Å². The number of hydrogen-bond donors (Lipinski definition) is 1. The minimum atomic E-state index is 0.0117. The molecule has 0 aliphatic rings. The van der Waals surface area contributed by atoms with Crippen LogP contribution in [-0.4, -0.2) is 30.0 Å². The van der Waals surface area contributed by atoms with Gasteiger partial charge in [-0.15, -0.1) is 0 Å². The smallest absolute Gasteiger partial charge is 0.187 e. The molecule has 0 fully saturated rings. The van der Waals surface area contributed by atoms with Crippen molar-refractivity contribution in [2.45, 2.75) is 6.92 Å². The second-order valence-electron chi connectivity index (χ2n) is 5.18. The van der Waals surface area contributed by atoms with E-state index in [0.717, 1.165) is 11.1 Å². The highest BCUT2D eigenvalue weighted by Gasteiger charge is 2.13. The molecule has 6 nitrogen and oxygen atoms in total. The van der Waals surface area contributed by atoms with Crippen molar-refractivity contribution in [2.24, 2.45) is 0 Å². The van der Waals surface area contributed by atoms with E-state index in [-0.39, 0.29) is 5.78 Å². The molecule has 0 spiro atoms. The van der Waals surface area contributed by atoms with Crippen LogP contribution in [0.2, 0.25) is 0 Å². The molecule has 0 bridgehead atoms. The molecule has 0 saturated heterocycles. The summed E-state index contributed by atoms with van der Waals surface area (Å²) in [6.45, 7) is 1.54. The summed E-state index contributed by atoms with van der Waals surface area (Å²) in [5.41, 5.74) is 2.06. The van der Waals surface area contributed by atoms with Gasteiger partial charge in [0, 0.05) is 16.6 Å². The number of Topliss-reactive ketones (excluding diaryl/α,β-unsaturated/α-hetero) is 1. The summed E-state index contributed by atoms with van der Waals surface area (Å²) in [4.78, 5) is 20.1. The fraction of sp³-hybridized carbons (Fsp3) is 0.167. The first-order valence-electron chi connectivity index (χ1n) is 7.37. The highest BCUT2D eigenvalue weighted by molar-refractivity contribution is 5.97. The first kappa shape index (κ1) is 15.7. The van der Waals surface area contributed by atoms with E-state index < -0.39 is 0 Å². The lowest BCUT2D eigenvalue weighted by atomic mass is 10.1. The van der Waals surface area contributed by atoms with Crippen LogP contribution in [-0.2, 0) is 0 Å². The van der Waals surface area contributed by atoms with Gasteiger partial charge in [0.1, 0.15) is 17.7 Å². The molecule has 6 heteroatoms. The van der Waals surface area contributed by atoms with Gasteiger partial charge >= 0.3 is 0 Å². The number of benzene rings is 2. The van der Waals surface area contributed by atoms with Gasteiger partial charge in [0.2, 0.25) is 0 Å². The molecular weight excluding hydrogens is 306 g/mol. The number of carbonyl (C=O) groups is 1. The molecule has 1 aromatic heterocycles. The first-order valence-corrected chi connectivity index (χ1v) is 7.37. The van der Waals surface area contributed by atoms with Crippen LogP contribution >= 0.6 is 0 Å². The van der Waals surface area contributed by atoms with E-state index in [1.165, 1.54) is 13.3 Å². The van der Waals surface area contributed by atoms with Crippen molar-refractivity contribution in [1.82, 2.24) is 9.97 Å². The Hall–Kier alpha value is -3.15. The lowest BCUT2D eigenvalue weighted by molar-refractivity contribution is 0.101.